The minimum Gasteiger partial charge on any atom is -0.494 e. The van der Waals surface area contributed by atoms with Crippen LogP contribution in [0.1, 0.15) is 230 Å². The first-order valence-corrected chi connectivity index (χ1v) is 28.7. The maximum atomic E-state index is 12.5. The summed E-state index contributed by atoms with van der Waals surface area (Å²) in [7, 11) is 0. The zero-order valence-electron chi connectivity index (χ0n) is 44.8. The number of hydrogen-bond donors (Lipinski definition) is 0. The van der Waals surface area contributed by atoms with E-state index in [-0.39, 0.29) is 24.8 Å². The van der Waals surface area contributed by atoms with Crippen molar-refractivity contribution in [3.8, 4) is 23.0 Å². The van der Waals surface area contributed by atoms with E-state index < -0.39 is 0 Å². The number of ether oxygens (including phenoxy) is 4. The largest absolute Gasteiger partial charge is 0.494 e. The molecule has 4 aromatic rings. The predicted molar refractivity (Wildman–Crippen MR) is 302 cm³/mol. The van der Waals surface area contributed by atoms with Gasteiger partial charge < -0.3 is 18.9 Å². The summed E-state index contributed by atoms with van der Waals surface area (Å²) in [5, 5.41) is 0. The van der Waals surface area contributed by atoms with Crippen molar-refractivity contribution in [1.82, 2.24) is 0 Å². The summed E-state index contributed by atoms with van der Waals surface area (Å²) in [5.41, 5.74) is 3.47. The van der Waals surface area contributed by atoms with Gasteiger partial charge in [-0.15, -0.1) is 0 Å². The zero-order valence-corrected chi connectivity index (χ0v) is 44.8. The second kappa shape index (κ2) is 40.3. The van der Waals surface area contributed by atoms with Crippen molar-refractivity contribution in [1.29, 1.82) is 0 Å². The van der Waals surface area contributed by atoms with E-state index in [1.165, 1.54) is 167 Å². The van der Waals surface area contributed by atoms with Gasteiger partial charge >= 0.3 is 11.9 Å². The SMILES string of the molecule is CCCCCCCCCCCCCCCCOc1ccc(N=Cc2ccc(OC(=O)CCCCC(=O)Oc3ccc(C=Nc4ccc(OCCCCCCCCCCCCCCCC)cc4)cc3)cc2)cc1. The minimum absolute atomic E-state index is 0.207. The Morgan fingerprint density at radius 3 is 0.889 bits per heavy atom. The van der Waals surface area contributed by atoms with Crippen LogP contribution in [0.25, 0.3) is 0 Å². The van der Waals surface area contributed by atoms with E-state index in [1.54, 1.807) is 36.7 Å². The normalized spacial score (nSPS) is 11.4. The Labute approximate surface area is 436 Å². The first-order valence-electron chi connectivity index (χ1n) is 28.7. The summed E-state index contributed by atoms with van der Waals surface area (Å²) in [6, 6.07) is 30.2. The number of hydrogen-bond acceptors (Lipinski definition) is 8. The maximum Gasteiger partial charge on any atom is 0.311 e. The number of aliphatic imine (C=N–C) groups is 2. The van der Waals surface area contributed by atoms with Crippen molar-refractivity contribution in [3.63, 3.8) is 0 Å². The van der Waals surface area contributed by atoms with Gasteiger partial charge in [0.15, 0.2) is 0 Å². The van der Waals surface area contributed by atoms with Crippen LogP contribution in [-0.2, 0) is 9.59 Å². The lowest BCUT2D eigenvalue weighted by Gasteiger charge is -2.07. The number of rotatable bonds is 43. The van der Waals surface area contributed by atoms with Crippen LogP contribution < -0.4 is 18.9 Å². The molecule has 0 saturated heterocycles. The van der Waals surface area contributed by atoms with Gasteiger partial charge in [0.1, 0.15) is 23.0 Å². The van der Waals surface area contributed by atoms with E-state index in [2.05, 4.69) is 23.8 Å². The molecule has 394 valence electrons. The first kappa shape index (κ1) is 59.3. The molecule has 8 nitrogen and oxygen atoms in total. The lowest BCUT2D eigenvalue weighted by Crippen LogP contribution is -2.10. The lowest BCUT2D eigenvalue weighted by molar-refractivity contribution is -0.136. The Bertz CT molecular complexity index is 1860. The van der Waals surface area contributed by atoms with Crippen LogP contribution in [0.5, 0.6) is 23.0 Å². The molecular weight excluding hydrogens is 893 g/mol. The monoisotopic (exact) mass is 985 g/mol. The first-order chi connectivity index (χ1) is 35.5. The molecular formula is C64H92N2O6. The maximum absolute atomic E-state index is 12.5. The third-order valence-electron chi connectivity index (χ3n) is 13.2. The summed E-state index contributed by atoms with van der Waals surface area (Å²) in [6.45, 7) is 6.05. The fourth-order valence-corrected chi connectivity index (χ4v) is 8.68. The molecule has 0 bridgehead atoms. The summed E-state index contributed by atoms with van der Waals surface area (Å²) < 4.78 is 23.0. The lowest BCUT2D eigenvalue weighted by atomic mass is 10.0. The quantitative estimate of drug-likeness (QED) is 0.0190. The van der Waals surface area contributed by atoms with Gasteiger partial charge in [-0.25, -0.2) is 0 Å². The van der Waals surface area contributed by atoms with Crippen LogP contribution in [0.15, 0.2) is 107 Å². The summed E-state index contributed by atoms with van der Waals surface area (Å²) in [6.07, 6.45) is 42.8. The highest BCUT2D eigenvalue weighted by Crippen LogP contribution is 2.22. The van der Waals surface area contributed by atoms with Gasteiger partial charge in [-0.1, -0.05) is 181 Å². The fraction of sp³-hybridized carbons (Fsp3) is 0.562. The predicted octanol–water partition coefficient (Wildman–Crippen LogP) is 19.0. The van der Waals surface area contributed by atoms with E-state index in [0.717, 1.165) is 60.1 Å². The summed E-state index contributed by atoms with van der Waals surface area (Å²) in [4.78, 5) is 34.2. The molecule has 0 amide bonds. The molecule has 4 rings (SSSR count). The van der Waals surface area contributed by atoms with Crippen molar-refractivity contribution in [2.24, 2.45) is 9.98 Å². The summed E-state index contributed by atoms with van der Waals surface area (Å²) in [5.74, 6) is 2.00. The average molecular weight is 985 g/mol. The highest BCUT2D eigenvalue weighted by molar-refractivity contribution is 5.83. The molecule has 0 aliphatic carbocycles. The smallest absolute Gasteiger partial charge is 0.311 e. The van der Waals surface area contributed by atoms with Gasteiger partial charge in [0.05, 0.1) is 24.6 Å². The number of carbonyl (C=O) groups excluding carboxylic acids is 2. The zero-order chi connectivity index (χ0) is 50.8. The summed E-state index contributed by atoms with van der Waals surface area (Å²) >= 11 is 0. The van der Waals surface area contributed by atoms with Gasteiger partial charge in [0.25, 0.3) is 0 Å². The van der Waals surface area contributed by atoms with Crippen molar-refractivity contribution in [2.75, 3.05) is 13.2 Å². The molecule has 0 radical (unpaired) electrons. The Balaban J connectivity index is 0.972. The molecule has 4 aromatic carbocycles. The van der Waals surface area contributed by atoms with Gasteiger partial charge in [0.2, 0.25) is 0 Å². The van der Waals surface area contributed by atoms with Crippen LogP contribution in [0.2, 0.25) is 0 Å². The fourth-order valence-electron chi connectivity index (χ4n) is 8.68. The molecule has 0 heterocycles. The molecule has 0 unspecified atom stereocenters. The Hall–Kier alpha value is -5.24. The third kappa shape index (κ3) is 29.9. The van der Waals surface area contributed by atoms with Crippen LogP contribution >= 0.6 is 0 Å². The van der Waals surface area contributed by atoms with E-state index in [0.29, 0.717) is 24.3 Å². The standard InChI is InChI=1S/C64H92N2O6/c1-3-5-7-9-11-13-15-17-19-21-23-25-27-31-51-69-59-47-39-57(40-48-59)65-53-55-35-43-61(44-36-55)71-63(67)33-29-30-34-64(68)72-62-45-37-56(38-46-62)54-66-58-41-49-60(50-42-58)70-52-32-28-26-24-22-20-18-16-14-12-10-8-6-4-2/h35-50,53-54H,3-34,51-52H2,1-2H3. The molecule has 0 aliphatic rings. The van der Waals surface area contributed by atoms with Gasteiger partial charge in [-0.2, -0.15) is 0 Å². The Kier molecular flexibility index (Phi) is 33.2. The number of esters is 2. The number of benzene rings is 4. The third-order valence-corrected chi connectivity index (χ3v) is 13.2. The second-order valence-corrected chi connectivity index (χ2v) is 19.7. The molecule has 72 heavy (non-hydrogen) atoms. The van der Waals surface area contributed by atoms with Crippen LogP contribution in [0.4, 0.5) is 11.4 Å². The van der Waals surface area contributed by atoms with Crippen molar-refractivity contribution in [2.45, 2.75) is 219 Å². The van der Waals surface area contributed by atoms with Crippen molar-refractivity contribution < 1.29 is 28.5 Å². The van der Waals surface area contributed by atoms with E-state index in [4.69, 9.17) is 18.9 Å². The van der Waals surface area contributed by atoms with E-state index in [1.807, 2.05) is 72.8 Å². The van der Waals surface area contributed by atoms with Gasteiger partial charge in [0, 0.05) is 25.3 Å². The molecule has 0 spiro atoms. The topological polar surface area (TPSA) is 95.8 Å². The number of unbranched alkanes of at least 4 members (excludes halogenated alkanes) is 27. The minimum atomic E-state index is -0.339. The van der Waals surface area contributed by atoms with E-state index in [9.17, 15) is 9.59 Å². The highest BCUT2D eigenvalue weighted by atomic mass is 16.5. The van der Waals surface area contributed by atoms with Crippen LogP contribution in [0.3, 0.4) is 0 Å². The second-order valence-electron chi connectivity index (χ2n) is 19.7. The highest BCUT2D eigenvalue weighted by Gasteiger charge is 2.09. The molecule has 0 fully saturated rings. The number of nitrogens with zero attached hydrogens (tertiary/aromatic N) is 2. The van der Waals surface area contributed by atoms with Crippen LogP contribution in [-0.4, -0.2) is 37.6 Å². The van der Waals surface area contributed by atoms with E-state index >= 15 is 0 Å². The van der Waals surface area contributed by atoms with Crippen molar-refractivity contribution >= 4 is 35.7 Å². The Morgan fingerprint density at radius 1 is 0.333 bits per heavy atom. The Morgan fingerprint density at radius 2 is 0.597 bits per heavy atom. The molecule has 0 N–H and O–H groups in total. The van der Waals surface area contributed by atoms with Crippen molar-refractivity contribution in [3.05, 3.63) is 108 Å². The molecule has 0 atom stereocenters. The molecule has 0 saturated carbocycles. The van der Waals surface area contributed by atoms with Crippen LogP contribution in [0, 0.1) is 0 Å². The molecule has 0 aliphatic heterocycles. The molecule has 8 heteroatoms. The van der Waals surface area contributed by atoms with Gasteiger partial charge in [-0.05, 0) is 134 Å². The van der Waals surface area contributed by atoms with Gasteiger partial charge in [-0.3, -0.25) is 19.6 Å². The number of carbonyl (C=O) groups is 2. The average Bonchev–Trinajstić information content (AvgIpc) is 3.40. The molecule has 0 aromatic heterocycles.